The van der Waals surface area contributed by atoms with Crippen molar-refractivity contribution < 1.29 is 24.3 Å². The first kappa shape index (κ1) is 21.8. The van der Waals surface area contributed by atoms with Crippen LogP contribution in [0.15, 0.2) is 0 Å². The molecule has 0 aliphatic heterocycles. The minimum Gasteiger partial charge on any atom is -0.480 e. The quantitative estimate of drug-likeness (QED) is 0.336. The fourth-order valence-electron chi connectivity index (χ4n) is 1.96. The highest BCUT2D eigenvalue weighted by molar-refractivity contribution is 5.92. The third kappa shape index (κ3) is 8.47. The maximum atomic E-state index is 12.3. The Morgan fingerprint density at radius 1 is 1.00 bits per heavy atom. The molecule has 0 aromatic rings. The largest absolute Gasteiger partial charge is 0.480 e. The van der Waals surface area contributed by atoms with E-state index in [0.29, 0.717) is 0 Å². The highest BCUT2D eigenvalue weighted by Gasteiger charge is 2.28. The standard InChI is InChI=1S/C15H28N4O5/c1-8(2)5-10(15(23)24)18-14(22)13(9(3)4)19-12(21)7-17-11(20)6-16/h8-10,13H,5-7,16H2,1-4H3,(H,17,20)(H,18,22)(H,19,21)(H,23,24)/t10-,13-/m0/s1. The molecule has 0 saturated carbocycles. The van der Waals surface area contributed by atoms with Crippen LogP contribution < -0.4 is 21.7 Å². The van der Waals surface area contributed by atoms with Gasteiger partial charge >= 0.3 is 5.97 Å². The summed E-state index contributed by atoms with van der Waals surface area (Å²) in [4.78, 5) is 46.4. The van der Waals surface area contributed by atoms with Gasteiger partial charge in [-0.2, -0.15) is 0 Å². The summed E-state index contributed by atoms with van der Waals surface area (Å²) in [6, 6.07) is -1.92. The summed E-state index contributed by atoms with van der Waals surface area (Å²) in [7, 11) is 0. The van der Waals surface area contributed by atoms with E-state index in [1.807, 2.05) is 13.8 Å². The highest BCUT2D eigenvalue weighted by Crippen LogP contribution is 2.07. The molecule has 0 bridgehead atoms. The second-order valence-electron chi connectivity index (χ2n) is 6.30. The average molecular weight is 344 g/mol. The Morgan fingerprint density at radius 2 is 1.58 bits per heavy atom. The van der Waals surface area contributed by atoms with E-state index in [4.69, 9.17) is 5.73 Å². The first-order valence-electron chi connectivity index (χ1n) is 7.87. The summed E-state index contributed by atoms with van der Waals surface area (Å²) < 4.78 is 0. The van der Waals surface area contributed by atoms with Crippen LogP contribution in [0.2, 0.25) is 0 Å². The second kappa shape index (κ2) is 10.6. The smallest absolute Gasteiger partial charge is 0.326 e. The van der Waals surface area contributed by atoms with E-state index in [1.54, 1.807) is 13.8 Å². The van der Waals surface area contributed by atoms with E-state index >= 15 is 0 Å². The first-order chi connectivity index (χ1) is 11.1. The number of carboxylic acid groups (broad SMARTS) is 1. The molecule has 9 heteroatoms. The lowest BCUT2D eigenvalue weighted by atomic mass is 10.0. The summed E-state index contributed by atoms with van der Waals surface area (Å²) in [6.45, 7) is 6.61. The fraction of sp³-hybridized carbons (Fsp3) is 0.733. The molecule has 0 radical (unpaired) electrons. The zero-order valence-electron chi connectivity index (χ0n) is 14.6. The van der Waals surface area contributed by atoms with Crippen LogP contribution in [0.3, 0.4) is 0 Å². The molecule has 0 rings (SSSR count). The van der Waals surface area contributed by atoms with E-state index in [2.05, 4.69) is 16.0 Å². The van der Waals surface area contributed by atoms with E-state index in [0.717, 1.165) is 0 Å². The van der Waals surface area contributed by atoms with Gasteiger partial charge in [-0.1, -0.05) is 27.7 Å². The lowest BCUT2D eigenvalue weighted by Crippen LogP contribution is -2.55. The Labute approximate surface area is 141 Å². The zero-order valence-corrected chi connectivity index (χ0v) is 14.6. The molecule has 0 unspecified atom stereocenters. The van der Waals surface area contributed by atoms with Crippen LogP contribution in [0.1, 0.15) is 34.1 Å². The van der Waals surface area contributed by atoms with E-state index in [-0.39, 0.29) is 31.3 Å². The van der Waals surface area contributed by atoms with Gasteiger partial charge in [-0.15, -0.1) is 0 Å². The topological polar surface area (TPSA) is 151 Å². The summed E-state index contributed by atoms with van der Waals surface area (Å²) in [5, 5.41) is 16.4. The summed E-state index contributed by atoms with van der Waals surface area (Å²) in [5.41, 5.74) is 5.12. The molecular weight excluding hydrogens is 316 g/mol. The number of amides is 3. The molecule has 0 fully saturated rings. The summed E-state index contributed by atoms with van der Waals surface area (Å²) in [5.74, 6) is -2.91. The van der Waals surface area contributed by atoms with Gasteiger partial charge in [0.25, 0.3) is 0 Å². The Morgan fingerprint density at radius 3 is 2.00 bits per heavy atom. The maximum Gasteiger partial charge on any atom is 0.326 e. The number of nitrogens with one attached hydrogen (secondary N) is 3. The van der Waals surface area contributed by atoms with Gasteiger partial charge in [0.1, 0.15) is 12.1 Å². The molecule has 0 aliphatic rings. The van der Waals surface area contributed by atoms with Crippen molar-refractivity contribution in [3.8, 4) is 0 Å². The number of hydrogen-bond donors (Lipinski definition) is 5. The highest BCUT2D eigenvalue weighted by atomic mass is 16.4. The number of nitrogens with two attached hydrogens (primary N) is 1. The molecule has 0 aromatic heterocycles. The Hall–Kier alpha value is -2.16. The normalized spacial score (nSPS) is 13.3. The van der Waals surface area contributed by atoms with Crippen LogP contribution in [0.5, 0.6) is 0 Å². The van der Waals surface area contributed by atoms with Crippen molar-refractivity contribution in [2.45, 2.75) is 46.2 Å². The molecule has 3 amide bonds. The van der Waals surface area contributed by atoms with Crippen LogP contribution in [-0.4, -0.2) is 54.0 Å². The van der Waals surface area contributed by atoms with Crippen molar-refractivity contribution in [1.29, 1.82) is 0 Å². The monoisotopic (exact) mass is 344 g/mol. The number of hydrogen-bond acceptors (Lipinski definition) is 5. The molecule has 6 N–H and O–H groups in total. The van der Waals surface area contributed by atoms with Gasteiger partial charge in [-0.05, 0) is 18.3 Å². The van der Waals surface area contributed by atoms with Gasteiger partial charge in [0, 0.05) is 0 Å². The van der Waals surface area contributed by atoms with Gasteiger partial charge in [0.15, 0.2) is 0 Å². The predicted octanol–water partition coefficient (Wildman–Crippen LogP) is -1.18. The van der Waals surface area contributed by atoms with E-state index in [1.165, 1.54) is 0 Å². The van der Waals surface area contributed by atoms with Crippen molar-refractivity contribution in [3.05, 3.63) is 0 Å². The Bertz CT molecular complexity index is 465. The zero-order chi connectivity index (χ0) is 18.9. The third-order valence-electron chi connectivity index (χ3n) is 3.22. The molecular formula is C15H28N4O5. The van der Waals surface area contributed by atoms with E-state index in [9.17, 15) is 24.3 Å². The van der Waals surface area contributed by atoms with Gasteiger partial charge in [0.05, 0.1) is 13.1 Å². The minimum atomic E-state index is -1.12. The Kier molecular flexibility index (Phi) is 9.63. The van der Waals surface area contributed by atoms with Crippen LogP contribution >= 0.6 is 0 Å². The number of rotatable bonds is 10. The van der Waals surface area contributed by atoms with Gasteiger partial charge in [0.2, 0.25) is 17.7 Å². The van der Waals surface area contributed by atoms with Crippen molar-refractivity contribution >= 4 is 23.7 Å². The molecule has 0 spiro atoms. The molecule has 138 valence electrons. The van der Waals surface area contributed by atoms with Crippen molar-refractivity contribution in [1.82, 2.24) is 16.0 Å². The number of carbonyl (C=O) groups is 4. The van der Waals surface area contributed by atoms with Crippen LogP contribution in [0.4, 0.5) is 0 Å². The second-order valence-corrected chi connectivity index (χ2v) is 6.30. The molecule has 0 heterocycles. The minimum absolute atomic E-state index is 0.0879. The van der Waals surface area contributed by atoms with Crippen molar-refractivity contribution in [3.63, 3.8) is 0 Å². The number of carboxylic acids is 1. The maximum absolute atomic E-state index is 12.3. The summed E-state index contributed by atoms with van der Waals surface area (Å²) >= 11 is 0. The predicted molar refractivity (Wildman–Crippen MR) is 87.9 cm³/mol. The molecule has 0 saturated heterocycles. The van der Waals surface area contributed by atoms with Crippen LogP contribution in [-0.2, 0) is 19.2 Å². The van der Waals surface area contributed by atoms with Gasteiger partial charge in [-0.3, -0.25) is 14.4 Å². The lowest BCUT2D eigenvalue weighted by molar-refractivity contribution is -0.143. The molecule has 0 aliphatic carbocycles. The van der Waals surface area contributed by atoms with Gasteiger partial charge in [-0.25, -0.2) is 4.79 Å². The number of carbonyl (C=O) groups excluding carboxylic acids is 3. The van der Waals surface area contributed by atoms with Crippen LogP contribution in [0, 0.1) is 11.8 Å². The Balaban J connectivity index is 4.79. The van der Waals surface area contributed by atoms with Crippen molar-refractivity contribution in [2.75, 3.05) is 13.1 Å². The van der Waals surface area contributed by atoms with Crippen molar-refractivity contribution in [2.24, 2.45) is 17.6 Å². The SMILES string of the molecule is CC(C)C[C@H](NC(=O)[C@@H](NC(=O)CNC(=O)CN)C(C)C)C(=O)O. The molecule has 0 aromatic carbocycles. The third-order valence-corrected chi connectivity index (χ3v) is 3.22. The van der Waals surface area contributed by atoms with Crippen LogP contribution in [0.25, 0.3) is 0 Å². The fourth-order valence-corrected chi connectivity index (χ4v) is 1.96. The molecule has 9 nitrogen and oxygen atoms in total. The number of aliphatic carboxylic acids is 1. The summed E-state index contributed by atoms with van der Waals surface area (Å²) in [6.07, 6.45) is 0.284. The van der Waals surface area contributed by atoms with Gasteiger partial charge < -0.3 is 26.8 Å². The molecule has 24 heavy (non-hydrogen) atoms. The first-order valence-corrected chi connectivity index (χ1v) is 7.87. The lowest BCUT2D eigenvalue weighted by Gasteiger charge is -2.24. The molecule has 2 atom stereocenters. The van der Waals surface area contributed by atoms with E-state index < -0.39 is 35.8 Å². The average Bonchev–Trinajstić information content (AvgIpc) is 2.48.